The second-order valence-electron chi connectivity index (χ2n) is 6.13. The fraction of sp³-hybridized carbons (Fsp3) is 0.833. The number of nitrogens with zero attached hydrogens (tertiary/aromatic N) is 1. The lowest BCUT2D eigenvalue weighted by atomic mass is 10.0. The van der Waals surface area contributed by atoms with E-state index in [4.69, 9.17) is 9.47 Å². The van der Waals surface area contributed by atoms with Gasteiger partial charge in [-0.1, -0.05) is 0 Å². The van der Waals surface area contributed by atoms with Gasteiger partial charge in [-0.2, -0.15) is 0 Å². The van der Waals surface area contributed by atoms with Crippen LogP contribution in [-0.4, -0.2) is 45.5 Å². The van der Waals surface area contributed by atoms with Gasteiger partial charge in [-0.05, 0) is 41.5 Å². The average molecular weight is 259 g/mol. The van der Waals surface area contributed by atoms with Crippen LogP contribution in [0.15, 0.2) is 0 Å². The lowest BCUT2D eigenvalue weighted by molar-refractivity contribution is -0.149. The van der Waals surface area contributed by atoms with E-state index in [1.807, 2.05) is 0 Å². The summed E-state index contributed by atoms with van der Waals surface area (Å²) in [5, 5.41) is 9.29. The molecular formula is C12H21NO5. The van der Waals surface area contributed by atoms with Gasteiger partial charge in [-0.15, -0.1) is 0 Å². The summed E-state index contributed by atoms with van der Waals surface area (Å²) < 4.78 is 10.7. The van der Waals surface area contributed by atoms with Gasteiger partial charge in [0.1, 0.15) is 11.3 Å². The molecule has 1 aliphatic heterocycles. The number of hydrogen-bond donors (Lipinski definition) is 1. The highest BCUT2D eigenvalue weighted by Gasteiger charge is 2.57. The summed E-state index contributed by atoms with van der Waals surface area (Å²) in [6, 6.07) is 0. The number of carbonyl (C=O) groups is 2. The van der Waals surface area contributed by atoms with E-state index >= 15 is 0 Å². The molecule has 0 aromatic heterocycles. The highest BCUT2D eigenvalue weighted by atomic mass is 16.6. The van der Waals surface area contributed by atoms with Crippen molar-refractivity contribution in [3.63, 3.8) is 0 Å². The Bertz CT molecular complexity index is 371. The van der Waals surface area contributed by atoms with E-state index in [-0.39, 0.29) is 6.61 Å². The van der Waals surface area contributed by atoms with Crippen LogP contribution in [0.3, 0.4) is 0 Å². The zero-order chi connectivity index (χ0) is 14.4. The molecule has 0 saturated carbocycles. The van der Waals surface area contributed by atoms with Crippen LogP contribution >= 0.6 is 0 Å². The molecule has 0 aromatic rings. The molecule has 0 spiro atoms. The molecule has 0 unspecified atom stereocenters. The quantitative estimate of drug-likeness (QED) is 0.777. The van der Waals surface area contributed by atoms with Crippen LogP contribution in [-0.2, 0) is 14.3 Å². The number of carbonyl (C=O) groups excluding carboxylic acids is 1. The molecule has 1 N–H and O–H groups in total. The van der Waals surface area contributed by atoms with Crippen molar-refractivity contribution in [1.29, 1.82) is 0 Å². The predicted octanol–water partition coefficient (Wildman–Crippen LogP) is 1.83. The fourth-order valence-electron chi connectivity index (χ4n) is 1.93. The number of carboxylic acid groups (broad SMARTS) is 1. The highest BCUT2D eigenvalue weighted by molar-refractivity contribution is 5.85. The van der Waals surface area contributed by atoms with Gasteiger partial charge in [0.25, 0.3) is 0 Å². The average Bonchev–Trinajstić information content (AvgIpc) is 2.35. The molecule has 1 rings (SSSR count). The molecule has 1 aliphatic rings. The van der Waals surface area contributed by atoms with E-state index in [0.29, 0.717) is 0 Å². The smallest absolute Gasteiger partial charge is 0.413 e. The fourth-order valence-corrected chi connectivity index (χ4v) is 1.93. The summed E-state index contributed by atoms with van der Waals surface area (Å²) in [6.45, 7) is 9.87. The maximum Gasteiger partial charge on any atom is 0.413 e. The van der Waals surface area contributed by atoms with Crippen molar-refractivity contribution in [2.75, 3.05) is 6.61 Å². The van der Waals surface area contributed by atoms with Crippen LogP contribution in [0.25, 0.3) is 0 Å². The summed E-state index contributed by atoms with van der Waals surface area (Å²) in [5.74, 6) is -1.11. The Morgan fingerprint density at radius 1 is 1.28 bits per heavy atom. The van der Waals surface area contributed by atoms with Crippen molar-refractivity contribution in [1.82, 2.24) is 4.90 Å². The lowest BCUT2D eigenvalue weighted by Gasteiger charge is -2.37. The number of amides is 1. The largest absolute Gasteiger partial charge is 0.479 e. The van der Waals surface area contributed by atoms with Crippen LogP contribution in [0.2, 0.25) is 0 Å². The SMILES string of the molecule is CC(C)(C)OC(=O)N1C(C)(C)OC[C@@]1(C)C(=O)O. The van der Waals surface area contributed by atoms with Gasteiger partial charge in [0.05, 0.1) is 6.61 Å². The molecule has 1 atom stereocenters. The number of carboxylic acids is 1. The summed E-state index contributed by atoms with van der Waals surface area (Å²) in [6.07, 6.45) is -0.685. The Labute approximate surface area is 107 Å². The molecule has 0 aliphatic carbocycles. The van der Waals surface area contributed by atoms with Gasteiger partial charge in [0, 0.05) is 0 Å². The summed E-state index contributed by atoms with van der Waals surface area (Å²) in [5.41, 5.74) is -3.10. The minimum atomic E-state index is -1.41. The Balaban J connectivity index is 3.07. The normalized spacial score (nSPS) is 27.1. The molecule has 6 heteroatoms. The molecule has 1 saturated heterocycles. The third-order valence-electron chi connectivity index (χ3n) is 2.78. The minimum absolute atomic E-state index is 0.0609. The highest BCUT2D eigenvalue weighted by Crippen LogP contribution is 2.36. The molecule has 6 nitrogen and oxygen atoms in total. The molecule has 18 heavy (non-hydrogen) atoms. The second kappa shape index (κ2) is 4.12. The van der Waals surface area contributed by atoms with E-state index < -0.39 is 28.9 Å². The van der Waals surface area contributed by atoms with Gasteiger partial charge < -0.3 is 14.6 Å². The van der Waals surface area contributed by atoms with Gasteiger partial charge in [0.15, 0.2) is 5.54 Å². The molecule has 0 aromatic carbocycles. The van der Waals surface area contributed by atoms with E-state index in [1.54, 1.807) is 34.6 Å². The van der Waals surface area contributed by atoms with E-state index in [1.165, 1.54) is 6.92 Å². The molecule has 0 radical (unpaired) electrons. The van der Waals surface area contributed by atoms with Crippen molar-refractivity contribution in [2.24, 2.45) is 0 Å². The maximum absolute atomic E-state index is 12.2. The first-order valence-corrected chi connectivity index (χ1v) is 5.81. The second-order valence-corrected chi connectivity index (χ2v) is 6.13. The predicted molar refractivity (Wildman–Crippen MR) is 64.1 cm³/mol. The third kappa shape index (κ3) is 2.58. The Morgan fingerprint density at radius 3 is 2.17 bits per heavy atom. The van der Waals surface area contributed by atoms with Gasteiger partial charge in [0.2, 0.25) is 0 Å². The molecular weight excluding hydrogens is 238 g/mol. The monoisotopic (exact) mass is 259 g/mol. The number of ether oxygens (including phenoxy) is 2. The molecule has 0 bridgehead atoms. The van der Waals surface area contributed by atoms with E-state index in [0.717, 1.165) is 4.90 Å². The van der Waals surface area contributed by atoms with Crippen LogP contribution in [0, 0.1) is 0 Å². The molecule has 1 fully saturated rings. The van der Waals surface area contributed by atoms with Gasteiger partial charge in [-0.3, -0.25) is 4.90 Å². The van der Waals surface area contributed by atoms with Gasteiger partial charge in [-0.25, -0.2) is 9.59 Å². The Morgan fingerprint density at radius 2 is 1.78 bits per heavy atom. The first-order chi connectivity index (χ1) is 7.90. The first kappa shape index (κ1) is 14.8. The molecule has 1 heterocycles. The topological polar surface area (TPSA) is 76.1 Å². The zero-order valence-corrected chi connectivity index (χ0v) is 11.7. The van der Waals surface area contributed by atoms with Crippen molar-refractivity contribution in [3.05, 3.63) is 0 Å². The number of hydrogen-bond acceptors (Lipinski definition) is 4. The van der Waals surface area contributed by atoms with Crippen molar-refractivity contribution < 1.29 is 24.2 Å². The van der Waals surface area contributed by atoms with E-state index in [9.17, 15) is 14.7 Å². The van der Waals surface area contributed by atoms with Gasteiger partial charge >= 0.3 is 12.1 Å². The third-order valence-corrected chi connectivity index (χ3v) is 2.78. The number of rotatable bonds is 1. The van der Waals surface area contributed by atoms with Crippen molar-refractivity contribution in [3.8, 4) is 0 Å². The standard InChI is InChI=1S/C12H21NO5/c1-10(2,3)18-9(16)13-11(4,5)17-7-12(13,6)8(14)15/h7H2,1-6H3,(H,14,15)/t12-/m0/s1. The molecule has 104 valence electrons. The van der Waals surface area contributed by atoms with Crippen LogP contribution in [0.1, 0.15) is 41.5 Å². The van der Waals surface area contributed by atoms with Crippen LogP contribution < -0.4 is 0 Å². The Hall–Kier alpha value is -1.30. The van der Waals surface area contributed by atoms with Crippen molar-refractivity contribution in [2.45, 2.75) is 58.4 Å². The lowest BCUT2D eigenvalue weighted by Crippen LogP contribution is -2.59. The minimum Gasteiger partial charge on any atom is -0.479 e. The summed E-state index contributed by atoms with van der Waals surface area (Å²) in [4.78, 5) is 24.7. The van der Waals surface area contributed by atoms with Crippen LogP contribution in [0.4, 0.5) is 4.79 Å². The summed E-state index contributed by atoms with van der Waals surface area (Å²) in [7, 11) is 0. The van der Waals surface area contributed by atoms with Crippen LogP contribution in [0.5, 0.6) is 0 Å². The van der Waals surface area contributed by atoms with Crippen molar-refractivity contribution >= 4 is 12.1 Å². The first-order valence-electron chi connectivity index (χ1n) is 5.81. The maximum atomic E-state index is 12.2. The Kier molecular flexibility index (Phi) is 3.38. The van der Waals surface area contributed by atoms with E-state index in [2.05, 4.69) is 0 Å². The number of aliphatic carboxylic acids is 1. The zero-order valence-electron chi connectivity index (χ0n) is 11.7. The molecule has 1 amide bonds. The summed E-state index contributed by atoms with van der Waals surface area (Å²) >= 11 is 0.